The molecule has 0 fully saturated rings. The number of carbonyl (C=O) groups excluding carboxylic acids is 1. The van der Waals surface area contributed by atoms with Gasteiger partial charge in [-0.25, -0.2) is 0 Å². The Balaban J connectivity index is 1.95. The lowest BCUT2D eigenvalue weighted by Gasteiger charge is -2.04. The number of benzene rings is 1. The number of anilines is 1. The maximum Gasteiger partial charge on any atom is 0.291 e. The van der Waals surface area contributed by atoms with Gasteiger partial charge in [0.25, 0.3) is 5.91 Å². The van der Waals surface area contributed by atoms with Gasteiger partial charge in [-0.05, 0) is 30.3 Å². The van der Waals surface area contributed by atoms with E-state index >= 15 is 0 Å². The summed E-state index contributed by atoms with van der Waals surface area (Å²) in [7, 11) is 0. The van der Waals surface area contributed by atoms with Crippen molar-refractivity contribution in [3.63, 3.8) is 0 Å². The molecule has 3 aromatic rings. The Morgan fingerprint density at radius 1 is 1.18 bits per heavy atom. The third kappa shape index (κ3) is 1.69. The van der Waals surface area contributed by atoms with Crippen molar-refractivity contribution in [1.29, 1.82) is 0 Å². The molecule has 0 unspecified atom stereocenters. The van der Waals surface area contributed by atoms with E-state index < -0.39 is 0 Å². The van der Waals surface area contributed by atoms with Crippen LogP contribution in [0.5, 0.6) is 0 Å². The van der Waals surface area contributed by atoms with Crippen molar-refractivity contribution in [3.8, 4) is 0 Å². The molecule has 0 atom stereocenters. The predicted octanol–water partition coefficient (Wildman–Crippen LogP) is 3.01. The number of aromatic nitrogens is 1. The summed E-state index contributed by atoms with van der Waals surface area (Å²) in [6, 6.07) is 10.9. The Bertz CT molecular complexity index is 653. The van der Waals surface area contributed by atoms with Crippen LogP contribution in [0.25, 0.3) is 10.9 Å². The molecule has 84 valence electrons. The minimum absolute atomic E-state index is 0.247. The van der Waals surface area contributed by atoms with Gasteiger partial charge in [-0.3, -0.25) is 4.79 Å². The van der Waals surface area contributed by atoms with Crippen molar-refractivity contribution in [2.45, 2.75) is 0 Å². The van der Waals surface area contributed by atoms with Crippen LogP contribution in [-0.2, 0) is 0 Å². The molecule has 17 heavy (non-hydrogen) atoms. The number of amides is 1. The van der Waals surface area contributed by atoms with Crippen molar-refractivity contribution in [1.82, 2.24) is 4.98 Å². The van der Waals surface area contributed by atoms with Crippen molar-refractivity contribution in [2.24, 2.45) is 0 Å². The Morgan fingerprint density at radius 2 is 2.12 bits per heavy atom. The summed E-state index contributed by atoms with van der Waals surface area (Å²) in [5.41, 5.74) is 1.76. The Morgan fingerprint density at radius 3 is 2.94 bits per heavy atom. The van der Waals surface area contributed by atoms with Crippen LogP contribution in [0.4, 0.5) is 5.69 Å². The molecule has 4 nitrogen and oxygen atoms in total. The summed E-state index contributed by atoms with van der Waals surface area (Å²) in [6.45, 7) is 0. The third-order valence-electron chi connectivity index (χ3n) is 2.59. The molecule has 0 bridgehead atoms. The van der Waals surface area contributed by atoms with Crippen LogP contribution in [-0.4, -0.2) is 10.9 Å². The first-order chi connectivity index (χ1) is 8.34. The highest BCUT2D eigenvalue weighted by Gasteiger charge is 2.10. The van der Waals surface area contributed by atoms with Gasteiger partial charge in [-0.15, -0.1) is 0 Å². The number of rotatable bonds is 2. The van der Waals surface area contributed by atoms with Crippen LogP contribution in [0.2, 0.25) is 0 Å². The molecule has 0 aliphatic rings. The van der Waals surface area contributed by atoms with E-state index in [1.54, 1.807) is 12.1 Å². The lowest BCUT2D eigenvalue weighted by Crippen LogP contribution is -2.10. The monoisotopic (exact) mass is 226 g/mol. The van der Waals surface area contributed by atoms with Gasteiger partial charge < -0.3 is 14.7 Å². The third-order valence-corrected chi connectivity index (χ3v) is 2.59. The molecule has 0 aliphatic heterocycles. The minimum Gasteiger partial charge on any atom is -0.459 e. The van der Waals surface area contributed by atoms with Gasteiger partial charge in [0.2, 0.25) is 0 Å². The highest BCUT2D eigenvalue weighted by molar-refractivity contribution is 6.07. The SMILES string of the molecule is O=C(Nc1cccc2[nH]ccc12)c1ccco1. The second kappa shape index (κ2) is 3.83. The summed E-state index contributed by atoms with van der Waals surface area (Å²) >= 11 is 0. The average Bonchev–Trinajstić information content (AvgIpc) is 3.00. The lowest BCUT2D eigenvalue weighted by molar-refractivity contribution is 0.0997. The molecular weight excluding hydrogens is 216 g/mol. The van der Waals surface area contributed by atoms with Crippen LogP contribution in [0.15, 0.2) is 53.3 Å². The molecule has 2 aromatic heterocycles. The van der Waals surface area contributed by atoms with Crippen molar-refractivity contribution in [3.05, 3.63) is 54.6 Å². The van der Waals surface area contributed by atoms with Gasteiger partial charge in [0, 0.05) is 17.1 Å². The Labute approximate surface area is 97.2 Å². The van der Waals surface area contributed by atoms with E-state index in [1.807, 2.05) is 30.5 Å². The molecule has 3 rings (SSSR count). The van der Waals surface area contributed by atoms with Gasteiger partial charge in [0.1, 0.15) is 0 Å². The summed E-state index contributed by atoms with van der Waals surface area (Å²) in [5.74, 6) is 0.0567. The van der Waals surface area contributed by atoms with Gasteiger partial charge in [-0.2, -0.15) is 0 Å². The molecule has 1 amide bonds. The number of carbonyl (C=O) groups is 1. The number of nitrogens with one attached hydrogen (secondary N) is 2. The predicted molar refractivity (Wildman–Crippen MR) is 65.0 cm³/mol. The Kier molecular flexibility index (Phi) is 2.19. The zero-order valence-corrected chi connectivity index (χ0v) is 8.94. The van der Waals surface area contributed by atoms with E-state index in [0.29, 0.717) is 5.76 Å². The fraction of sp³-hybridized carbons (Fsp3) is 0. The number of hydrogen-bond acceptors (Lipinski definition) is 2. The number of hydrogen-bond donors (Lipinski definition) is 2. The van der Waals surface area contributed by atoms with Crippen molar-refractivity contribution in [2.75, 3.05) is 5.32 Å². The first kappa shape index (κ1) is 9.72. The molecule has 2 N–H and O–H groups in total. The zero-order chi connectivity index (χ0) is 11.7. The second-order valence-corrected chi connectivity index (χ2v) is 3.68. The fourth-order valence-electron chi connectivity index (χ4n) is 1.79. The van der Waals surface area contributed by atoms with Crippen LogP contribution in [0.3, 0.4) is 0 Å². The quantitative estimate of drug-likeness (QED) is 0.705. The van der Waals surface area contributed by atoms with E-state index in [-0.39, 0.29) is 5.91 Å². The zero-order valence-electron chi connectivity index (χ0n) is 8.94. The summed E-state index contributed by atoms with van der Waals surface area (Å²) < 4.78 is 5.04. The van der Waals surface area contributed by atoms with Gasteiger partial charge in [-0.1, -0.05) is 6.07 Å². The molecule has 4 heteroatoms. The van der Waals surface area contributed by atoms with E-state index in [2.05, 4.69) is 10.3 Å². The van der Waals surface area contributed by atoms with E-state index in [4.69, 9.17) is 4.42 Å². The Hall–Kier alpha value is -2.49. The molecule has 0 saturated carbocycles. The van der Waals surface area contributed by atoms with Crippen LogP contribution < -0.4 is 5.32 Å². The summed E-state index contributed by atoms with van der Waals surface area (Å²) in [5, 5.41) is 3.80. The number of fused-ring (bicyclic) bond motifs is 1. The number of furan rings is 1. The van der Waals surface area contributed by atoms with Crippen molar-refractivity contribution >= 4 is 22.5 Å². The number of H-pyrrole nitrogens is 1. The summed E-state index contributed by atoms with van der Waals surface area (Å²) in [6.07, 6.45) is 3.32. The molecule has 1 aromatic carbocycles. The second-order valence-electron chi connectivity index (χ2n) is 3.68. The lowest BCUT2D eigenvalue weighted by atomic mass is 10.2. The van der Waals surface area contributed by atoms with E-state index in [0.717, 1.165) is 16.6 Å². The molecule has 2 heterocycles. The topological polar surface area (TPSA) is 58.0 Å². The molecule has 0 spiro atoms. The maximum atomic E-state index is 11.8. The standard InChI is InChI=1S/C13H10N2O2/c16-13(12-5-2-8-17-12)15-11-4-1-3-10-9(11)6-7-14-10/h1-8,14H,(H,15,16). The van der Waals surface area contributed by atoms with Gasteiger partial charge >= 0.3 is 0 Å². The minimum atomic E-state index is -0.247. The van der Waals surface area contributed by atoms with Gasteiger partial charge in [0.05, 0.1) is 12.0 Å². The first-order valence-corrected chi connectivity index (χ1v) is 5.25. The highest BCUT2D eigenvalue weighted by Crippen LogP contribution is 2.22. The van der Waals surface area contributed by atoms with E-state index in [9.17, 15) is 4.79 Å². The molecule has 0 saturated heterocycles. The molecule has 0 aliphatic carbocycles. The highest BCUT2D eigenvalue weighted by atomic mass is 16.3. The fourth-order valence-corrected chi connectivity index (χ4v) is 1.79. The van der Waals surface area contributed by atoms with Crippen LogP contribution >= 0.6 is 0 Å². The molecular formula is C13H10N2O2. The maximum absolute atomic E-state index is 11.8. The number of aromatic amines is 1. The van der Waals surface area contributed by atoms with Crippen LogP contribution in [0.1, 0.15) is 10.6 Å². The van der Waals surface area contributed by atoms with Gasteiger partial charge in [0.15, 0.2) is 5.76 Å². The first-order valence-electron chi connectivity index (χ1n) is 5.25. The normalized spacial score (nSPS) is 10.6. The average molecular weight is 226 g/mol. The smallest absolute Gasteiger partial charge is 0.291 e. The van der Waals surface area contributed by atoms with Crippen molar-refractivity contribution < 1.29 is 9.21 Å². The van der Waals surface area contributed by atoms with Crippen LogP contribution in [0, 0.1) is 0 Å². The van der Waals surface area contributed by atoms with E-state index in [1.165, 1.54) is 6.26 Å². The molecule has 0 radical (unpaired) electrons. The largest absolute Gasteiger partial charge is 0.459 e. The summed E-state index contributed by atoms with van der Waals surface area (Å²) in [4.78, 5) is 14.9.